The predicted molar refractivity (Wildman–Crippen MR) is 196 cm³/mol. The van der Waals surface area contributed by atoms with Gasteiger partial charge in [0, 0.05) is 36.0 Å². The lowest BCUT2D eigenvalue weighted by Gasteiger charge is -2.31. The fraction of sp³-hybridized carbons (Fsp3) is 0.444. The molecule has 3 saturated heterocycles. The number of aryl methyl sites for hydroxylation is 2. The van der Waals surface area contributed by atoms with Gasteiger partial charge < -0.3 is 20.7 Å². The molecule has 3 fully saturated rings. The van der Waals surface area contributed by atoms with Gasteiger partial charge in [-0.05, 0) is 89.1 Å². The number of hydrogen-bond donors (Lipinski definition) is 2. The first-order valence-corrected chi connectivity index (χ1v) is 18.7. The molecule has 0 spiro atoms. The minimum atomic E-state index is -0.726. The molecule has 0 saturated carbocycles. The van der Waals surface area contributed by atoms with Gasteiger partial charge in [-0.2, -0.15) is 19.9 Å². The highest BCUT2D eigenvalue weighted by atomic mass is 35.5. The molecular formula is C36H37ClF2N10O2S. The van der Waals surface area contributed by atoms with Crippen molar-refractivity contribution in [2.45, 2.75) is 57.9 Å². The van der Waals surface area contributed by atoms with Crippen molar-refractivity contribution >= 4 is 60.8 Å². The first-order chi connectivity index (χ1) is 25.1. The average Bonchev–Trinajstić information content (AvgIpc) is 3.94. The van der Waals surface area contributed by atoms with Crippen molar-refractivity contribution in [3.63, 3.8) is 0 Å². The van der Waals surface area contributed by atoms with Gasteiger partial charge in [-0.25, -0.2) is 18.6 Å². The van der Waals surface area contributed by atoms with E-state index in [4.69, 9.17) is 27.1 Å². The molecule has 0 radical (unpaired) electrons. The Labute approximate surface area is 307 Å². The Balaban J connectivity index is 1.14. The highest BCUT2D eigenvalue weighted by Gasteiger charge is 2.45. The molecule has 3 aliphatic rings. The number of nitrogen functional groups attached to an aromatic ring is 1. The van der Waals surface area contributed by atoms with Gasteiger partial charge in [0.1, 0.15) is 46.5 Å². The van der Waals surface area contributed by atoms with Crippen LogP contribution in [0.15, 0.2) is 18.2 Å². The summed E-state index contributed by atoms with van der Waals surface area (Å²) in [7, 11) is 0. The van der Waals surface area contributed by atoms with Crippen LogP contribution in [0.25, 0.3) is 32.1 Å². The maximum atomic E-state index is 17.1. The Hall–Kier alpha value is -4.65. The number of halogens is 3. The quantitative estimate of drug-likeness (QED) is 0.178. The van der Waals surface area contributed by atoms with E-state index in [0.717, 1.165) is 56.5 Å². The number of hydrogen-bond acceptors (Lipinski definition) is 11. The molecule has 2 aromatic carbocycles. The molecule has 0 bridgehead atoms. The molecule has 1 unspecified atom stereocenters. The maximum Gasteiger partial charge on any atom is 0.343 e. The SMILES string of the molecule is Cc1nc(C)n(C(=O)NCCC2CCN(c3nc(OCC45CCCN4CCC5)nc4c(F)c(-c5ccc(F)c6sc(N)c(C#N)c56)c(Cl)cc34)C2)n1. The van der Waals surface area contributed by atoms with Gasteiger partial charge in [0.25, 0.3) is 0 Å². The van der Waals surface area contributed by atoms with Crippen molar-refractivity contribution in [2.75, 3.05) is 50.0 Å². The van der Waals surface area contributed by atoms with Gasteiger partial charge in [-0.3, -0.25) is 4.90 Å². The van der Waals surface area contributed by atoms with E-state index < -0.39 is 11.6 Å². The van der Waals surface area contributed by atoms with Crippen molar-refractivity contribution in [1.82, 2.24) is 34.9 Å². The van der Waals surface area contributed by atoms with Crippen LogP contribution in [0, 0.1) is 42.7 Å². The Morgan fingerprint density at radius 1 is 1.19 bits per heavy atom. The first-order valence-electron chi connectivity index (χ1n) is 17.5. The van der Waals surface area contributed by atoms with Crippen molar-refractivity contribution in [3.05, 3.63) is 52.1 Å². The van der Waals surface area contributed by atoms with Crippen molar-refractivity contribution in [1.29, 1.82) is 5.26 Å². The highest BCUT2D eigenvalue weighted by molar-refractivity contribution is 7.23. The summed E-state index contributed by atoms with van der Waals surface area (Å²) < 4.78 is 39.8. The van der Waals surface area contributed by atoms with Gasteiger partial charge in [0.05, 0.1) is 20.8 Å². The normalized spacial score (nSPS) is 18.4. The predicted octanol–water partition coefficient (Wildman–Crippen LogP) is 6.59. The molecule has 12 nitrogen and oxygen atoms in total. The van der Waals surface area contributed by atoms with Crippen LogP contribution < -0.4 is 20.7 Å². The summed E-state index contributed by atoms with van der Waals surface area (Å²) in [5.41, 5.74) is 6.34. The number of amides is 1. The number of nitrogens with two attached hydrogens (primary N) is 1. The lowest BCUT2D eigenvalue weighted by atomic mass is 9.95. The Kier molecular flexibility index (Phi) is 8.87. The van der Waals surface area contributed by atoms with Gasteiger partial charge >= 0.3 is 12.0 Å². The molecule has 0 aliphatic carbocycles. The summed E-state index contributed by atoms with van der Waals surface area (Å²) in [6, 6.07) is 6.07. The average molecular weight is 747 g/mol. The number of carbonyl (C=O) groups is 1. The molecule has 16 heteroatoms. The second-order valence-corrected chi connectivity index (χ2v) is 15.4. The van der Waals surface area contributed by atoms with E-state index in [1.807, 2.05) is 0 Å². The standard InChI is InChI=1S/C36H37ClF2N10O2S/c1-19-43-20(2)49(46-19)35(50)42-11-7-21-8-14-47(17-21)33-23-15-25(37)28(22-5-6-26(38)31-27(22)24(16-40)32(41)52-31)29(39)30(23)44-34(45-33)51-18-36-9-3-12-48(36)13-4-10-36/h5-6,15,21H,3-4,7-14,17-18,41H2,1-2H3,(H,42,50). The van der Waals surface area contributed by atoms with Crippen molar-refractivity contribution < 1.29 is 18.3 Å². The van der Waals surface area contributed by atoms with E-state index >= 15 is 4.39 Å². The second-order valence-electron chi connectivity index (χ2n) is 14.0. The zero-order valence-electron chi connectivity index (χ0n) is 28.8. The van der Waals surface area contributed by atoms with E-state index in [1.165, 1.54) is 16.8 Å². The van der Waals surface area contributed by atoms with Crippen LogP contribution in [0.3, 0.4) is 0 Å². The summed E-state index contributed by atoms with van der Waals surface area (Å²) in [6.45, 7) is 7.62. The third-order valence-corrected chi connectivity index (χ3v) is 12.1. The second kappa shape index (κ2) is 13.4. The smallest absolute Gasteiger partial charge is 0.343 e. The number of anilines is 2. The van der Waals surface area contributed by atoms with Crippen LogP contribution in [-0.2, 0) is 0 Å². The minimum absolute atomic E-state index is 0.00623. The zero-order chi connectivity index (χ0) is 36.3. The van der Waals surface area contributed by atoms with Crippen LogP contribution in [0.1, 0.15) is 55.7 Å². The lowest BCUT2D eigenvalue weighted by Crippen LogP contribution is -2.43. The highest BCUT2D eigenvalue weighted by Crippen LogP contribution is 2.46. The van der Waals surface area contributed by atoms with Gasteiger partial charge in [-0.1, -0.05) is 17.7 Å². The molecule has 5 aromatic rings. The van der Waals surface area contributed by atoms with Gasteiger partial charge in [0.2, 0.25) is 0 Å². The summed E-state index contributed by atoms with van der Waals surface area (Å²) in [4.78, 5) is 31.0. The number of rotatable bonds is 8. The molecule has 52 heavy (non-hydrogen) atoms. The third-order valence-electron chi connectivity index (χ3n) is 10.8. The largest absolute Gasteiger partial charge is 0.461 e. The van der Waals surface area contributed by atoms with E-state index in [0.29, 0.717) is 55.5 Å². The van der Waals surface area contributed by atoms with Crippen LogP contribution in [0.2, 0.25) is 5.02 Å². The lowest BCUT2D eigenvalue weighted by molar-refractivity contribution is 0.108. The Morgan fingerprint density at radius 3 is 2.71 bits per heavy atom. The summed E-state index contributed by atoms with van der Waals surface area (Å²) in [6.07, 6.45) is 5.78. The van der Waals surface area contributed by atoms with E-state index in [1.54, 1.807) is 19.9 Å². The molecule has 3 aliphatic heterocycles. The number of thiophene rings is 1. The van der Waals surface area contributed by atoms with E-state index in [-0.39, 0.29) is 65.8 Å². The minimum Gasteiger partial charge on any atom is -0.461 e. The van der Waals surface area contributed by atoms with Crippen LogP contribution in [0.4, 0.5) is 24.4 Å². The van der Waals surface area contributed by atoms with Crippen molar-refractivity contribution in [2.24, 2.45) is 5.92 Å². The van der Waals surface area contributed by atoms with Crippen LogP contribution in [-0.4, -0.2) is 80.5 Å². The summed E-state index contributed by atoms with van der Waals surface area (Å²) >= 11 is 7.83. The topological polar surface area (TPSA) is 151 Å². The maximum absolute atomic E-state index is 17.1. The van der Waals surface area contributed by atoms with E-state index in [2.05, 4.69) is 36.3 Å². The number of nitrogens with zero attached hydrogens (tertiary/aromatic N) is 8. The Bertz CT molecular complexity index is 2280. The fourth-order valence-electron chi connectivity index (χ4n) is 8.31. The first kappa shape index (κ1) is 34.4. The molecule has 8 rings (SSSR count). The molecule has 270 valence electrons. The Morgan fingerprint density at radius 2 is 1.98 bits per heavy atom. The molecule has 1 amide bonds. The number of carbonyl (C=O) groups excluding carboxylic acids is 1. The summed E-state index contributed by atoms with van der Waals surface area (Å²) in [5.74, 6) is 0.483. The van der Waals surface area contributed by atoms with Gasteiger partial charge in [-0.15, -0.1) is 16.4 Å². The molecular weight excluding hydrogens is 710 g/mol. The van der Waals surface area contributed by atoms with Crippen molar-refractivity contribution in [3.8, 4) is 23.2 Å². The van der Waals surface area contributed by atoms with Crippen LogP contribution in [0.5, 0.6) is 6.01 Å². The fourth-order valence-corrected chi connectivity index (χ4v) is 9.56. The number of benzene rings is 2. The number of fused-ring (bicyclic) bond motifs is 3. The monoisotopic (exact) mass is 746 g/mol. The summed E-state index contributed by atoms with van der Waals surface area (Å²) in [5, 5.41) is 17.8. The van der Waals surface area contributed by atoms with Gasteiger partial charge in [0.15, 0.2) is 5.82 Å². The number of ether oxygens (including phenoxy) is 1. The zero-order valence-corrected chi connectivity index (χ0v) is 30.4. The third kappa shape index (κ3) is 5.86. The number of aromatic nitrogens is 5. The molecule has 3 N–H and O–H groups in total. The molecule has 3 aromatic heterocycles. The number of nitrogens with one attached hydrogen (secondary N) is 1. The molecule has 6 heterocycles. The van der Waals surface area contributed by atoms with Crippen LogP contribution >= 0.6 is 22.9 Å². The van der Waals surface area contributed by atoms with E-state index in [9.17, 15) is 14.4 Å². The molecule has 1 atom stereocenters. The number of nitriles is 1.